The molecule has 0 aromatic heterocycles. The monoisotopic (exact) mass is 254 g/mol. The summed E-state index contributed by atoms with van der Waals surface area (Å²) in [5.74, 6) is 0.317. The maximum Gasteiger partial charge on any atom is 0.120 e. The molecular formula is C15H26O3. The van der Waals surface area contributed by atoms with Crippen molar-refractivity contribution in [1.29, 1.82) is 0 Å². The van der Waals surface area contributed by atoms with Gasteiger partial charge in [-0.25, -0.2) is 0 Å². The van der Waals surface area contributed by atoms with E-state index in [-0.39, 0.29) is 18.3 Å². The summed E-state index contributed by atoms with van der Waals surface area (Å²) in [7, 11) is 0. The summed E-state index contributed by atoms with van der Waals surface area (Å²) in [6, 6.07) is 0. The summed E-state index contributed by atoms with van der Waals surface area (Å²) in [4.78, 5) is 10.7. The molecule has 3 nitrogen and oxygen atoms in total. The molecule has 18 heavy (non-hydrogen) atoms. The molecule has 2 heterocycles. The first-order valence-corrected chi connectivity index (χ1v) is 7.57. The molecule has 2 bridgehead atoms. The van der Waals surface area contributed by atoms with Gasteiger partial charge >= 0.3 is 0 Å². The largest absolute Gasteiger partial charge is 0.375 e. The van der Waals surface area contributed by atoms with Gasteiger partial charge in [-0.15, -0.1) is 0 Å². The van der Waals surface area contributed by atoms with Crippen molar-refractivity contribution in [1.82, 2.24) is 0 Å². The Hall–Kier alpha value is -0.410. The molecule has 0 aromatic rings. The summed E-state index contributed by atoms with van der Waals surface area (Å²) in [6.45, 7) is 3.06. The van der Waals surface area contributed by atoms with Gasteiger partial charge in [0.05, 0.1) is 18.3 Å². The van der Waals surface area contributed by atoms with Crippen molar-refractivity contribution in [2.45, 2.75) is 76.6 Å². The third-order valence-corrected chi connectivity index (χ3v) is 4.28. The van der Waals surface area contributed by atoms with Gasteiger partial charge in [0, 0.05) is 18.9 Å². The molecule has 0 N–H and O–H groups in total. The molecule has 3 heteroatoms. The maximum absolute atomic E-state index is 10.7. The second-order valence-electron chi connectivity index (χ2n) is 5.61. The van der Waals surface area contributed by atoms with Gasteiger partial charge in [0.2, 0.25) is 0 Å². The number of carbonyl (C=O) groups is 1. The van der Waals surface area contributed by atoms with E-state index in [1.54, 1.807) is 0 Å². The minimum atomic E-state index is 0.181. The van der Waals surface area contributed by atoms with Gasteiger partial charge in [0.15, 0.2) is 0 Å². The van der Waals surface area contributed by atoms with Crippen LogP contribution in [0.3, 0.4) is 0 Å². The van der Waals surface area contributed by atoms with Crippen molar-refractivity contribution in [3.05, 3.63) is 0 Å². The molecular weight excluding hydrogens is 228 g/mol. The van der Waals surface area contributed by atoms with Gasteiger partial charge in [-0.05, 0) is 19.3 Å². The lowest BCUT2D eigenvalue weighted by molar-refractivity contribution is -0.110. The van der Waals surface area contributed by atoms with Gasteiger partial charge < -0.3 is 14.3 Å². The van der Waals surface area contributed by atoms with Gasteiger partial charge in [-0.2, -0.15) is 0 Å². The second-order valence-corrected chi connectivity index (χ2v) is 5.61. The molecule has 0 aliphatic carbocycles. The molecule has 2 rings (SSSR count). The first kappa shape index (κ1) is 14.0. The van der Waals surface area contributed by atoms with E-state index < -0.39 is 0 Å². The molecule has 0 amide bonds. The van der Waals surface area contributed by atoms with Crippen LogP contribution in [0, 0.1) is 5.92 Å². The fourth-order valence-corrected chi connectivity index (χ4v) is 3.29. The van der Waals surface area contributed by atoms with Crippen molar-refractivity contribution in [3.8, 4) is 0 Å². The number of hydrogen-bond acceptors (Lipinski definition) is 3. The Bertz CT molecular complexity index is 254. The van der Waals surface area contributed by atoms with Crippen LogP contribution in [-0.4, -0.2) is 31.2 Å². The number of ether oxygens (including phenoxy) is 2. The van der Waals surface area contributed by atoms with E-state index >= 15 is 0 Å². The maximum atomic E-state index is 10.7. The van der Waals surface area contributed by atoms with E-state index in [4.69, 9.17) is 9.47 Å². The van der Waals surface area contributed by atoms with Gasteiger partial charge in [0.1, 0.15) is 6.29 Å². The third-order valence-electron chi connectivity index (χ3n) is 4.28. The number of carbonyl (C=O) groups excluding carboxylic acids is 1. The van der Waals surface area contributed by atoms with Crippen molar-refractivity contribution in [2.75, 3.05) is 6.61 Å². The minimum absolute atomic E-state index is 0.181. The molecule has 4 unspecified atom stereocenters. The molecule has 0 radical (unpaired) electrons. The Morgan fingerprint density at radius 2 is 1.94 bits per heavy atom. The van der Waals surface area contributed by atoms with Crippen LogP contribution >= 0.6 is 0 Å². The molecule has 2 aliphatic rings. The molecule has 0 spiro atoms. The van der Waals surface area contributed by atoms with Crippen molar-refractivity contribution in [3.63, 3.8) is 0 Å². The quantitative estimate of drug-likeness (QED) is 0.468. The van der Waals surface area contributed by atoms with E-state index in [0.717, 1.165) is 32.2 Å². The zero-order valence-electron chi connectivity index (χ0n) is 11.5. The topological polar surface area (TPSA) is 35.5 Å². The summed E-state index contributed by atoms with van der Waals surface area (Å²) < 4.78 is 11.9. The molecule has 104 valence electrons. The smallest absolute Gasteiger partial charge is 0.120 e. The number of fused-ring (bicyclic) bond motifs is 2. The molecule has 2 fully saturated rings. The predicted octanol–water partition coefficient (Wildman–Crippen LogP) is 3.11. The van der Waals surface area contributed by atoms with Crippen LogP contribution in [0.1, 0.15) is 58.3 Å². The van der Waals surface area contributed by atoms with E-state index in [1.807, 2.05) is 0 Å². The molecule has 2 aliphatic heterocycles. The lowest BCUT2D eigenvalue weighted by atomic mass is 9.84. The Balaban J connectivity index is 1.66. The van der Waals surface area contributed by atoms with Crippen LogP contribution in [0.25, 0.3) is 0 Å². The lowest BCUT2D eigenvalue weighted by Gasteiger charge is -2.26. The highest BCUT2D eigenvalue weighted by atomic mass is 16.6. The Kier molecular flexibility index (Phi) is 5.64. The minimum Gasteiger partial charge on any atom is -0.375 e. The summed E-state index contributed by atoms with van der Waals surface area (Å²) >= 11 is 0. The van der Waals surface area contributed by atoms with Gasteiger partial charge in [0.25, 0.3) is 0 Å². The average Bonchev–Trinajstić information content (AvgIpc) is 2.96. The lowest BCUT2D eigenvalue weighted by Crippen LogP contribution is -2.35. The Labute approximate surface area is 110 Å². The highest BCUT2D eigenvalue weighted by molar-refractivity contribution is 5.50. The zero-order valence-corrected chi connectivity index (χ0v) is 11.5. The fraction of sp³-hybridized carbons (Fsp3) is 0.933. The summed E-state index contributed by atoms with van der Waals surface area (Å²) in [6.07, 6.45) is 10.9. The van der Waals surface area contributed by atoms with Crippen LogP contribution in [-0.2, 0) is 14.3 Å². The highest BCUT2D eigenvalue weighted by Crippen LogP contribution is 2.42. The van der Waals surface area contributed by atoms with Crippen LogP contribution < -0.4 is 0 Å². The summed E-state index contributed by atoms with van der Waals surface area (Å²) in [5.41, 5.74) is 0. The predicted molar refractivity (Wildman–Crippen MR) is 70.6 cm³/mol. The fourth-order valence-electron chi connectivity index (χ4n) is 3.29. The molecule has 2 saturated heterocycles. The van der Waals surface area contributed by atoms with Gasteiger partial charge in [-0.1, -0.05) is 32.6 Å². The highest BCUT2D eigenvalue weighted by Gasteiger charge is 2.49. The van der Waals surface area contributed by atoms with E-state index in [1.165, 1.54) is 25.7 Å². The number of aldehydes is 1. The number of hydrogen-bond donors (Lipinski definition) is 0. The van der Waals surface area contributed by atoms with E-state index in [9.17, 15) is 4.79 Å². The number of unbranched alkanes of at least 4 members (excludes halogenated alkanes) is 4. The first-order chi connectivity index (χ1) is 8.86. The summed E-state index contributed by atoms with van der Waals surface area (Å²) in [5, 5.41) is 0. The number of rotatable bonds is 9. The zero-order chi connectivity index (χ0) is 12.8. The van der Waals surface area contributed by atoms with E-state index in [2.05, 4.69) is 6.92 Å². The normalized spacial score (nSPS) is 34.1. The van der Waals surface area contributed by atoms with Crippen LogP contribution in [0.15, 0.2) is 0 Å². The van der Waals surface area contributed by atoms with E-state index in [0.29, 0.717) is 12.3 Å². The second kappa shape index (κ2) is 7.25. The van der Waals surface area contributed by atoms with Crippen molar-refractivity contribution in [2.24, 2.45) is 5.92 Å². The van der Waals surface area contributed by atoms with Crippen LogP contribution in [0.5, 0.6) is 0 Å². The molecule has 0 aromatic carbocycles. The Morgan fingerprint density at radius 1 is 1.17 bits per heavy atom. The molecule has 4 atom stereocenters. The SMILES string of the molecule is CCCCCCCOC1C2CCC(O2)C1CC=O. The molecule has 0 saturated carbocycles. The first-order valence-electron chi connectivity index (χ1n) is 7.57. The van der Waals surface area contributed by atoms with Crippen LogP contribution in [0.4, 0.5) is 0 Å². The third kappa shape index (κ3) is 3.33. The standard InChI is InChI=1S/C15H26O3/c1-2-3-4-5-6-11-17-15-12(9-10-16)13-7-8-14(15)18-13/h10,12-15H,2-9,11H2,1H3. The average molecular weight is 254 g/mol. The van der Waals surface area contributed by atoms with Crippen molar-refractivity contribution >= 4 is 6.29 Å². The Morgan fingerprint density at radius 3 is 2.72 bits per heavy atom. The van der Waals surface area contributed by atoms with Gasteiger partial charge in [-0.3, -0.25) is 0 Å². The van der Waals surface area contributed by atoms with Crippen LogP contribution in [0.2, 0.25) is 0 Å². The van der Waals surface area contributed by atoms with Crippen molar-refractivity contribution < 1.29 is 14.3 Å².